The van der Waals surface area contributed by atoms with Gasteiger partial charge in [-0.25, -0.2) is 0 Å². The molecule has 0 atom stereocenters. The van der Waals surface area contributed by atoms with Gasteiger partial charge in [0.25, 0.3) is 10.2 Å². The Kier molecular flexibility index (Phi) is 7.19. The van der Waals surface area contributed by atoms with Crippen LogP contribution in [0.25, 0.3) is 0 Å². The summed E-state index contributed by atoms with van der Waals surface area (Å²) < 4.78 is 39.4. The number of benzene rings is 2. The van der Waals surface area contributed by atoms with Crippen molar-refractivity contribution in [1.82, 2.24) is 8.61 Å². The number of aryl methyl sites for hydroxylation is 2. The third-order valence-electron chi connectivity index (χ3n) is 5.31. The zero-order valence-electron chi connectivity index (χ0n) is 18.3. The Hall–Kier alpha value is -2.62. The van der Waals surface area contributed by atoms with Crippen LogP contribution >= 0.6 is 0 Å². The number of hydrogen-bond donors (Lipinski definition) is 1. The second kappa shape index (κ2) is 9.67. The highest BCUT2D eigenvalue weighted by Crippen LogP contribution is 2.30. The van der Waals surface area contributed by atoms with Crippen LogP contribution in [0.3, 0.4) is 0 Å². The van der Waals surface area contributed by atoms with Crippen molar-refractivity contribution < 1.29 is 22.7 Å². The first-order chi connectivity index (χ1) is 14.7. The summed E-state index contributed by atoms with van der Waals surface area (Å²) in [6, 6.07) is 11.0. The zero-order valence-corrected chi connectivity index (χ0v) is 19.2. The average Bonchev–Trinajstić information content (AvgIpc) is 2.73. The van der Waals surface area contributed by atoms with Gasteiger partial charge in [-0.3, -0.25) is 4.79 Å². The Morgan fingerprint density at radius 3 is 2.42 bits per heavy atom. The number of nitrogens with one attached hydrogen (secondary N) is 1. The molecule has 0 spiro atoms. The van der Waals surface area contributed by atoms with E-state index < -0.39 is 16.1 Å². The number of anilines is 1. The van der Waals surface area contributed by atoms with Crippen LogP contribution in [-0.2, 0) is 21.5 Å². The lowest BCUT2D eigenvalue weighted by molar-refractivity contribution is -0.116. The fourth-order valence-corrected chi connectivity index (χ4v) is 5.20. The van der Waals surface area contributed by atoms with Crippen molar-refractivity contribution in [2.24, 2.45) is 0 Å². The predicted molar refractivity (Wildman–Crippen MR) is 120 cm³/mol. The van der Waals surface area contributed by atoms with E-state index >= 15 is 0 Å². The molecular formula is C22H29N3O5S. The van der Waals surface area contributed by atoms with Crippen LogP contribution in [0, 0.1) is 13.8 Å². The second-order valence-corrected chi connectivity index (χ2v) is 9.50. The Bertz CT molecular complexity index is 1060. The molecule has 1 aliphatic rings. The highest BCUT2D eigenvalue weighted by Gasteiger charge is 2.35. The van der Waals surface area contributed by atoms with E-state index in [9.17, 15) is 13.2 Å². The molecule has 1 aliphatic heterocycles. The third-order valence-corrected chi connectivity index (χ3v) is 7.23. The molecule has 0 aromatic heterocycles. The number of ether oxygens (including phenoxy) is 2. The van der Waals surface area contributed by atoms with Crippen molar-refractivity contribution in [3.05, 3.63) is 53.1 Å². The molecule has 2 aromatic carbocycles. The van der Waals surface area contributed by atoms with E-state index in [0.717, 1.165) is 16.7 Å². The number of carbonyl (C=O) groups excluding carboxylic acids is 1. The van der Waals surface area contributed by atoms with Crippen LogP contribution in [-0.4, -0.2) is 56.8 Å². The smallest absolute Gasteiger partial charge is 0.282 e. The summed E-state index contributed by atoms with van der Waals surface area (Å²) in [6.07, 6.45) is 0.660. The number of nitrogens with zero attached hydrogens (tertiary/aromatic N) is 2. The van der Waals surface area contributed by atoms with Crippen molar-refractivity contribution in [3.63, 3.8) is 0 Å². The number of hydrogen-bond acceptors (Lipinski definition) is 5. The molecule has 0 bridgehead atoms. The minimum atomic E-state index is -3.74. The summed E-state index contributed by atoms with van der Waals surface area (Å²) >= 11 is 0. The van der Waals surface area contributed by atoms with E-state index in [1.54, 1.807) is 18.2 Å². The minimum absolute atomic E-state index is 0.250. The standard InChI is InChI=1S/C22H29N3O5S/c1-16-6-7-17(2)18(12-16)14-24-10-5-11-25(31(24,27)28)15-22(26)23-19-8-9-20(29-3)21(13-19)30-4/h6-9,12-13H,5,10-11,14-15H2,1-4H3,(H,23,26). The van der Waals surface area contributed by atoms with Crippen LogP contribution in [0.15, 0.2) is 36.4 Å². The molecule has 31 heavy (non-hydrogen) atoms. The van der Waals surface area contributed by atoms with Crippen LogP contribution in [0.4, 0.5) is 5.69 Å². The second-order valence-electron chi connectivity index (χ2n) is 7.58. The Balaban J connectivity index is 1.69. The zero-order chi connectivity index (χ0) is 22.6. The van der Waals surface area contributed by atoms with E-state index in [4.69, 9.17) is 9.47 Å². The number of carbonyl (C=O) groups is 1. The summed E-state index contributed by atoms with van der Waals surface area (Å²) in [5, 5.41) is 2.74. The highest BCUT2D eigenvalue weighted by atomic mass is 32.2. The van der Waals surface area contributed by atoms with Gasteiger partial charge in [-0.1, -0.05) is 23.8 Å². The van der Waals surface area contributed by atoms with Crippen molar-refractivity contribution in [2.45, 2.75) is 26.8 Å². The van der Waals surface area contributed by atoms with Gasteiger partial charge >= 0.3 is 0 Å². The first kappa shape index (κ1) is 23.1. The van der Waals surface area contributed by atoms with Crippen molar-refractivity contribution >= 4 is 21.8 Å². The molecule has 1 fully saturated rings. The lowest BCUT2D eigenvalue weighted by atomic mass is 10.1. The molecule has 1 heterocycles. The van der Waals surface area contributed by atoms with E-state index in [-0.39, 0.29) is 6.54 Å². The molecule has 0 aliphatic carbocycles. The largest absolute Gasteiger partial charge is 0.493 e. The van der Waals surface area contributed by atoms with Gasteiger partial charge in [0, 0.05) is 31.4 Å². The van der Waals surface area contributed by atoms with Gasteiger partial charge < -0.3 is 14.8 Å². The highest BCUT2D eigenvalue weighted by molar-refractivity contribution is 7.86. The molecule has 0 radical (unpaired) electrons. The number of amides is 1. The van der Waals surface area contributed by atoms with Crippen LogP contribution < -0.4 is 14.8 Å². The molecule has 1 saturated heterocycles. The van der Waals surface area contributed by atoms with Gasteiger partial charge in [0.15, 0.2) is 11.5 Å². The van der Waals surface area contributed by atoms with E-state index in [0.29, 0.717) is 43.2 Å². The summed E-state index contributed by atoms with van der Waals surface area (Å²) in [5.41, 5.74) is 3.61. The molecule has 1 amide bonds. The van der Waals surface area contributed by atoms with Gasteiger partial charge in [0.05, 0.1) is 20.8 Å². The van der Waals surface area contributed by atoms with Crippen molar-refractivity contribution in [1.29, 1.82) is 0 Å². The fraction of sp³-hybridized carbons (Fsp3) is 0.409. The minimum Gasteiger partial charge on any atom is -0.493 e. The molecule has 1 N–H and O–H groups in total. The Labute approximate surface area is 183 Å². The number of methoxy groups -OCH3 is 2. The summed E-state index contributed by atoms with van der Waals surface area (Å²) in [7, 11) is -0.705. The topological polar surface area (TPSA) is 88.2 Å². The lowest BCUT2D eigenvalue weighted by Gasteiger charge is -2.34. The van der Waals surface area contributed by atoms with Crippen LogP contribution in [0.1, 0.15) is 23.1 Å². The average molecular weight is 448 g/mol. The SMILES string of the molecule is COc1ccc(NC(=O)CN2CCCN(Cc3cc(C)ccc3C)S2(=O)=O)cc1OC. The third kappa shape index (κ3) is 5.36. The molecule has 2 aromatic rings. The molecule has 9 heteroatoms. The summed E-state index contributed by atoms with van der Waals surface area (Å²) in [5.74, 6) is 0.608. The maximum Gasteiger partial charge on any atom is 0.282 e. The van der Waals surface area contributed by atoms with Crippen LogP contribution in [0.5, 0.6) is 11.5 Å². The monoisotopic (exact) mass is 447 g/mol. The van der Waals surface area contributed by atoms with Gasteiger partial charge in [-0.15, -0.1) is 0 Å². The van der Waals surface area contributed by atoms with Crippen molar-refractivity contribution in [3.8, 4) is 11.5 Å². The van der Waals surface area contributed by atoms with Gasteiger partial charge in [-0.05, 0) is 43.5 Å². The van der Waals surface area contributed by atoms with Crippen molar-refractivity contribution in [2.75, 3.05) is 39.2 Å². The molecule has 0 unspecified atom stereocenters. The summed E-state index contributed by atoms with van der Waals surface area (Å²) in [4.78, 5) is 12.6. The number of rotatable bonds is 7. The molecule has 3 rings (SSSR count). The Morgan fingerprint density at radius 2 is 1.71 bits per heavy atom. The maximum atomic E-state index is 13.1. The quantitative estimate of drug-likeness (QED) is 0.705. The molecule has 0 saturated carbocycles. The Morgan fingerprint density at radius 1 is 1.00 bits per heavy atom. The molecule has 8 nitrogen and oxygen atoms in total. The first-order valence-electron chi connectivity index (χ1n) is 10.1. The summed E-state index contributed by atoms with van der Waals surface area (Å²) in [6.45, 7) is 4.75. The maximum absolute atomic E-state index is 13.1. The predicted octanol–water partition coefficient (Wildman–Crippen LogP) is 2.71. The van der Waals surface area contributed by atoms with E-state index in [1.807, 2.05) is 32.0 Å². The molecular weight excluding hydrogens is 418 g/mol. The van der Waals surface area contributed by atoms with E-state index in [2.05, 4.69) is 5.32 Å². The first-order valence-corrected chi connectivity index (χ1v) is 11.5. The molecule has 168 valence electrons. The van der Waals surface area contributed by atoms with Gasteiger partial charge in [-0.2, -0.15) is 17.0 Å². The van der Waals surface area contributed by atoms with E-state index in [1.165, 1.54) is 22.8 Å². The van der Waals surface area contributed by atoms with Crippen LogP contribution in [0.2, 0.25) is 0 Å². The normalized spacial score (nSPS) is 16.6. The lowest BCUT2D eigenvalue weighted by Crippen LogP contribution is -2.51. The van der Waals surface area contributed by atoms with Gasteiger partial charge in [0.1, 0.15) is 0 Å². The fourth-order valence-electron chi connectivity index (χ4n) is 3.57. The van der Waals surface area contributed by atoms with Gasteiger partial charge in [0.2, 0.25) is 5.91 Å².